The molecule has 0 aliphatic rings. The molecule has 0 saturated carbocycles. The lowest BCUT2D eigenvalue weighted by atomic mass is 10.6. The molecule has 0 unspecified atom stereocenters. The van der Waals surface area contributed by atoms with Gasteiger partial charge in [0.15, 0.2) is 0 Å². The monoisotopic (exact) mass is 256 g/mol. The van der Waals surface area contributed by atoms with Gasteiger partial charge < -0.3 is 10.6 Å². The summed E-state index contributed by atoms with van der Waals surface area (Å²) in [4.78, 5) is 16.5. The SMILES string of the molecule is CN(CC(F)F)c1nc(N)nc(-n2cncn2)n1. The van der Waals surface area contributed by atoms with E-state index in [0.29, 0.717) is 0 Å². The minimum Gasteiger partial charge on any atom is -0.368 e. The summed E-state index contributed by atoms with van der Waals surface area (Å²) >= 11 is 0. The molecule has 0 amide bonds. The van der Waals surface area contributed by atoms with Gasteiger partial charge in [0, 0.05) is 7.05 Å². The lowest BCUT2D eigenvalue weighted by Crippen LogP contribution is -2.27. The number of anilines is 2. The predicted octanol–water partition coefficient (Wildman–Crippen LogP) is -0.264. The molecule has 0 fully saturated rings. The second-order valence-corrected chi connectivity index (χ2v) is 3.41. The predicted molar refractivity (Wildman–Crippen MR) is 58.4 cm³/mol. The second kappa shape index (κ2) is 4.85. The quantitative estimate of drug-likeness (QED) is 0.804. The van der Waals surface area contributed by atoms with Crippen molar-refractivity contribution in [2.75, 3.05) is 24.2 Å². The van der Waals surface area contributed by atoms with Gasteiger partial charge in [-0.3, -0.25) is 0 Å². The van der Waals surface area contributed by atoms with Crippen LogP contribution in [0.3, 0.4) is 0 Å². The van der Waals surface area contributed by atoms with Gasteiger partial charge >= 0.3 is 0 Å². The molecule has 96 valence electrons. The highest BCUT2D eigenvalue weighted by Gasteiger charge is 2.14. The Morgan fingerprint density at radius 2 is 2.17 bits per heavy atom. The fraction of sp³-hybridized carbons (Fsp3) is 0.375. The third-order valence-corrected chi connectivity index (χ3v) is 2.01. The Morgan fingerprint density at radius 3 is 2.78 bits per heavy atom. The third kappa shape index (κ3) is 2.64. The first kappa shape index (κ1) is 12.1. The molecule has 8 nitrogen and oxygen atoms in total. The maximum atomic E-state index is 12.3. The van der Waals surface area contributed by atoms with Crippen molar-refractivity contribution < 1.29 is 8.78 Å². The Morgan fingerprint density at radius 1 is 1.39 bits per heavy atom. The molecule has 0 saturated heterocycles. The Hall–Kier alpha value is -2.39. The molecule has 18 heavy (non-hydrogen) atoms. The zero-order valence-electron chi connectivity index (χ0n) is 9.40. The normalized spacial score (nSPS) is 10.9. The summed E-state index contributed by atoms with van der Waals surface area (Å²) in [7, 11) is 1.44. The van der Waals surface area contributed by atoms with E-state index in [1.807, 2.05) is 0 Å². The van der Waals surface area contributed by atoms with Gasteiger partial charge in [-0.2, -0.15) is 24.7 Å². The molecule has 2 rings (SSSR count). The first-order valence-corrected chi connectivity index (χ1v) is 4.92. The van der Waals surface area contributed by atoms with Crippen LogP contribution in [0.15, 0.2) is 12.7 Å². The number of aromatic nitrogens is 6. The van der Waals surface area contributed by atoms with Crippen LogP contribution >= 0.6 is 0 Å². The van der Waals surface area contributed by atoms with Crippen LogP contribution in [-0.2, 0) is 0 Å². The van der Waals surface area contributed by atoms with Gasteiger partial charge in [0.05, 0.1) is 6.54 Å². The Bertz CT molecular complexity index is 514. The van der Waals surface area contributed by atoms with Crippen molar-refractivity contribution in [3.63, 3.8) is 0 Å². The fourth-order valence-electron chi connectivity index (χ4n) is 1.24. The summed E-state index contributed by atoms with van der Waals surface area (Å²) in [5.74, 6) is 0.0935. The van der Waals surface area contributed by atoms with E-state index < -0.39 is 13.0 Å². The van der Waals surface area contributed by atoms with E-state index in [9.17, 15) is 8.78 Å². The molecule has 2 aromatic rings. The molecule has 0 bridgehead atoms. The van der Waals surface area contributed by atoms with E-state index in [4.69, 9.17) is 5.73 Å². The lowest BCUT2D eigenvalue weighted by Gasteiger charge is -2.16. The smallest absolute Gasteiger partial charge is 0.258 e. The first-order valence-electron chi connectivity index (χ1n) is 4.92. The van der Waals surface area contributed by atoms with Crippen LogP contribution < -0.4 is 10.6 Å². The Balaban J connectivity index is 2.32. The maximum Gasteiger partial charge on any atom is 0.258 e. The highest BCUT2D eigenvalue weighted by Crippen LogP contribution is 2.10. The largest absolute Gasteiger partial charge is 0.368 e. The average molecular weight is 256 g/mol. The Labute approximate surface area is 100 Å². The average Bonchev–Trinajstić information content (AvgIpc) is 2.80. The van der Waals surface area contributed by atoms with Crippen LogP contribution in [0.1, 0.15) is 0 Å². The molecule has 0 radical (unpaired) electrons. The van der Waals surface area contributed by atoms with Crippen LogP contribution in [0.25, 0.3) is 5.95 Å². The van der Waals surface area contributed by atoms with Crippen molar-refractivity contribution in [1.82, 2.24) is 29.7 Å². The van der Waals surface area contributed by atoms with Crippen molar-refractivity contribution in [3.8, 4) is 5.95 Å². The molecule has 0 aliphatic carbocycles. The molecule has 0 atom stereocenters. The highest BCUT2D eigenvalue weighted by atomic mass is 19.3. The van der Waals surface area contributed by atoms with Gasteiger partial charge in [0.25, 0.3) is 12.4 Å². The van der Waals surface area contributed by atoms with E-state index in [-0.39, 0.29) is 17.8 Å². The van der Waals surface area contributed by atoms with Crippen molar-refractivity contribution in [2.24, 2.45) is 0 Å². The molecule has 2 heterocycles. The molecule has 0 aromatic carbocycles. The second-order valence-electron chi connectivity index (χ2n) is 3.41. The molecular formula is C8H10F2N8. The highest BCUT2D eigenvalue weighted by molar-refractivity contribution is 5.36. The first-order chi connectivity index (χ1) is 8.56. The van der Waals surface area contributed by atoms with Crippen molar-refractivity contribution in [3.05, 3.63) is 12.7 Å². The van der Waals surface area contributed by atoms with Crippen LogP contribution in [0.5, 0.6) is 0 Å². The van der Waals surface area contributed by atoms with Gasteiger partial charge in [-0.25, -0.2) is 13.8 Å². The summed E-state index contributed by atoms with van der Waals surface area (Å²) in [6.45, 7) is -0.500. The van der Waals surface area contributed by atoms with Crippen molar-refractivity contribution >= 4 is 11.9 Å². The molecule has 2 N–H and O–H groups in total. The van der Waals surface area contributed by atoms with E-state index >= 15 is 0 Å². The van der Waals surface area contributed by atoms with Gasteiger partial charge in [-0.05, 0) is 0 Å². The van der Waals surface area contributed by atoms with Gasteiger partial charge in [-0.1, -0.05) is 0 Å². The zero-order chi connectivity index (χ0) is 13.1. The number of nitrogens with two attached hydrogens (primary N) is 1. The topological polar surface area (TPSA) is 98.6 Å². The zero-order valence-corrected chi connectivity index (χ0v) is 9.40. The summed E-state index contributed by atoms with van der Waals surface area (Å²) < 4.78 is 25.8. The molecule has 0 spiro atoms. The van der Waals surface area contributed by atoms with Gasteiger partial charge in [0.1, 0.15) is 12.7 Å². The van der Waals surface area contributed by atoms with E-state index in [1.165, 1.54) is 29.3 Å². The van der Waals surface area contributed by atoms with E-state index in [1.54, 1.807) is 0 Å². The van der Waals surface area contributed by atoms with Gasteiger partial charge in [0.2, 0.25) is 11.9 Å². The summed E-state index contributed by atoms with van der Waals surface area (Å²) in [6, 6.07) is 0. The number of alkyl halides is 2. The summed E-state index contributed by atoms with van der Waals surface area (Å²) in [5, 5.41) is 3.82. The third-order valence-electron chi connectivity index (χ3n) is 2.01. The van der Waals surface area contributed by atoms with Crippen LogP contribution in [-0.4, -0.2) is 49.7 Å². The summed E-state index contributed by atoms with van der Waals surface area (Å²) in [5.41, 5.74) is 5.50. The number of hydrogen-bond acceptors (Lipinski definition) is 7. The molecule has 2 aromatic heterocycles. The van der Waals surface area contributed by atoms with Crippen LogP contribution in [0.2, 0.25) is 0 Å². The fourth-order valence-corrected chi connectivity index (χ4v) is 1.24. The van der Waals surface area contributed by atoms with Crippen molar-refractivity contribution in [1.29, 1.82) is 0 Å². The standard InChI is InChI=1S/C8H10F2N8/c1-17(2-5(9)10)7-14-6(11)15-8(16-7)18-4-12-3-13-18/h3-5H,2H2,1H3,(H2,11,14,15,16). The molecule has 10 heteroatoms. The molecule has 0 aliphatic heterocycles. The minimum absolute atomic E-state index is 0.0494. The number of rotatable bonds is 4. The van der Waals surface area contributed by atoms with Gasteiger partial charge in [-0.15, -0.1) is 0 Å². The number of hydrogen-bond donors (Lipinski definition) is 1. The van der Waals surface area contributed by atoms with Crippen molar-refractivity contribution in [2.45, 2.75) is 6.43 Å². The lowest BCUT2D eigenvalue weighted by molar-refractivity contribution is 0.156. The van der Waals surface area contributed by atoms with E-state index in [0.717, 1.165) is 0 Å². The summed E-state index contributed by atoms with van der Waals surface area (Å²) in [6.07, 6.45) is 0.164. The molecular weight excluding hydrogens is 246 g/mol. The number of nitrogen functional groups attached to an aromatic ring is 1. The van der Waals surface area contributed by atoms with E-state index in [2.05, 4.69) is 25.0 Å². The van der Waals surface area contributed by atoms with Crippen LogP contribution in [0, 0.1) is 0 Å². The van der Waals surface area contributed by atoms with Crippen LogP contribution in [0.4, 0.5) is 20.7 Å². The minimum atomic E-state index is -2.50. The number of nitrogens with zero attached hydrogens (tertiary/aromatic N) is 7. The number of halogens is 2. The Kier molecular flexibility index (Phi) is 3.26. The maximum absolute atomic E-state index is 12.3.